The van der Waals surface area contributed by atoms with Crippen molar-refractivity contribution in [3.05, 3.63) is 22.8 Å². The molecule has 0 aliphatic carbocycles. The molecule has 0 N–H and O–H groups in total. The van der Waals surface area contributed by atoms with Gasteiger partial charge in [0, 0.05) is 19.3 Å². The molecular weight excluding hydrogens is 222 g/mol. The van der Waals surface area contributed by atoms with Crippen molar-refractivity contribution in [1.82, 2.24) is 4.98 Å². The standard InChI is InChI=1S/C12H14ClN3/c13-11-10(9-14)5-6-15-12(11)16-7-3-1-2-4-8-16/h5-6H,1-4,7-8H2. The number of halogens is 1. The van der Waals surface area contributed by atoms with Crippen LogP contribution in [0.5, 0.6) is 0 Å². The Morgan fingerprint density at radius 3 is 2.56 bits per heavy atom. The van der Waals surface area contributed by atoms with E-state index in [-0.39, 0.29) is 0 Å². The van der Waals surface area contributed by atoms with Crippen molar-refractivity contribution in [2.24, 2.45) is 0 Å². The first-order valence-electron chi connectivity index (χ1n) is 5.62. The second-order valence-corrected chi connectivity index (χ2v) is 4.39. The molecule has 0 bridgehead atoms. The third-order valence-corrected chi connectivity index (χ3v) is 3.27. The summed E-state index contributed by atoms with van der Waals surface area (Å²) >= 11 is 6.17. The van der Waals surface area contributed by atoms with Gasteiger partial charge < -0.3 is 4.90 Å². The SMILES string of the molecule is N#Cc1ccnc(N2CCCCCC2)c1Cl. The Labute approximate surface area is 101 Å². The van der Waals surface area contributed by atoms with Crippen LogP contribution in [-0.2, 0) is 0 Å². The Balaban J connectivity index is 2.28. The molecule has 0 radical (unpaired) electrons. The van der Waals surface area contributed by atoms with E-state index in [0.717, 1.165) is 18.9 Å². The largest absolute Gasteiger partial charge is 0.355 e. The summed E-state index contributed by atoms with van der Waals surface area (Å²) in [5.74, 6) is 0.766. The van der Waals surface area contributed by atoms with E-state index in [4.69, 9.17) is 16.9 Å². The molecule has 0 aromatic carbocycles. The first-order chi connectivity index (χ1) is 7.83. The lowest BCUT2D eigenvalue weighted by Crippen LogP contribution is -2.25. The van der Waals surface area contributed by atoms with Crippen molar-refractivity contribution in [2.45, 2.75) is 25.7 Å². The van der Waals surface area contributed by atoms with Crippen LogP contribution in [-0.4, -0.2) is 18.1 Å². The van der Waals surface area contributed by atoms with Gasteiger partial charge in [-0.1, -0.05) is 24.4 Å². The summed E-state index contributed by atoms with van der Waals surface area (Å²) in [7, 11) is 0. The summed E-state index contributed by atoms with van der Waals surface area (Å²) in [6.07, 6.45) is 6.55. The van der Waals surface area contributed by atoms with Crippen molar-refractivity contribution in [3.63, 3.8) is 0 Å². The fourth-order valence-electron chi connectivity index (χ4n) is 2.02. The molecule has 1 saturated heterocycles. The molecule has 4 heteroatoms. The Hall–Kier alpha value is -1.27. The molecular formula is C12H14ClN3. The van der Waals surface area contributed by atoms with Gasteiger partial charge in [-0.25, -0.2) is 4.98 Å². The van der Waals surface area contributed by atoms with E-state index in [9.17, 15) is 0 Å². The molecule has 1 aliphatic rings. The maximum Gasteiger partial charge on any atom is 0.148 e. The number of hydrogen-bond donors (Lipinski definition) is 0. The van der Waals surface area contributed by atoms with Gasteiger partial charge in [-0.2, -0.15) is 5.26 Å². The van der Waals surface area contributed by atoms with Gasteiger partial charge in [0.2, 0.25) is 0 Å². The fraction of sp³-hybridized carbons (Fsp3) is 0.500. The number of rotatable bonds is 1. The van der Waals surface area contributed by atoms with Crippen LogP contribution in [0.3, 0.4) is 0 Å². The summed E-state index contributed by atoms with van der Waals surface area (Å²) < 4.78 is 0. The summed E-state index contributed by atoms with van der Waals surface area (Å²) in [5, 5.41) is 9.41. The van der Waals surface area contributed by atoms with Crippen LogP contribution >= 0.6 is 11.6 Å². The van der Waals surface area contributed by atoms with Gasteiger partial charge in [0.1, 0.15) is 16.9 Å². The summed E-state index contributed by atoms with van der Waals surface area (Å²) in [6, 6.07) is 3.75. The highest BCUT2D eigenvalue weighted by Gasteiger charge is 2.15. The van der Waals surface area contributed by atoms with E-state index in [0.29, 0.717) is 10.6 Å². The van der Waals surface area contributed by atoms with Crippen molar-refractivity contribution in [1.29, 1.82) is 5.26 Å². The summed E-state index contributed by atoms with van der Waals surface area (Å²) in [6.45, 7) is 1.98. The summed E-state index contributed by atoms with van der Waals surface area (Å²) in [4.78, 5) is 6.49. The van der Waals surface area contributed by atoms with E-state index in [1.807, 2.05) is 0 Å². The van der Waals surface area contributed by atoms with Gasteiger partial charge in [0.05, 0.1) is 5.56 Å². The van der Waals surface area contributed by atoms with E-state index in [1.54, 1.807) is 12.3 Å². The van der Waals surface area contributed by atoms with Gasteiger partial charge in [0.25, 0.3) is 0 Å². The van der Waals surface area contributed by atoms with Crippen molar-refractivity contribution in [2.75, 3.05) is 18.0 Å². The maximum atomic E-state index is 8.92. The van der Waals surface area contributed by atoms with E-state index in [1.165, 1.54) is 25.7 Å². The molecule has 84 valence electrons. The van der Waals surface area contributed by atoms with Gasteiger partial charge in [-0.3, -0.25) is 0 Å². The molecule has 0 atom stereocenters. The van der Waals surface area contributed by atoms with Crippen LogP contribution < -0.4 is 4.90 Å². The highest BCUT2D eigenvalue weighted by molar-refractivity contribution is 6.34. The van der Waals surface area contributed by atoms with Crippen LogP contribution in [0.1, 0.15) is 31.2 Å². The molecule has 16 heavy (non-hydrogen) atoms. The highest BCUT2D eigenvalue weighted by atomic mass is 35.5. The average Bonchev–Trinajstić information content (AvgIpc) is 2.58. The van der Waals surface area contributed by atoms with Crippen LogP contribution in [0.4, 0.5) is 5.82 Å². The second-order valence-electron chi connectivity index (χ2n) is 4.01. The molecule has 1 aromatic heterocycles. The zero-order valence-corrected chi connectivity index (χ0v) is 9.87. The lowest BCUT2D eigenvalue weighted by Gasteiger charge is -2.22. The molecule has 1 aliphatic heterocycles. The zero-order valence-electron chi connectivity index (χ0n) is 9.12. The molecule has 0 spiro atoms. The zero-order chi connectivity index (χ0) is 11.4. The minimum absolute atomic E-state index is 0.493. The Bertz CT molecular complexity index is 403. The van der Waals surface area contributed by atoms with Crippen molar-refractivity contribution in [3.8, 4) is 6.07 Å². The predicted octanol–water partition coefficient (Wildman–Crippen LogP) is 2.99. The van der Waals surface area contributed by atoms with Gasteiger partial charge >= 0.3 is 0 Å². The van der Waals surface area contributed by atoms with E-state index >= 15 is 0 Å². The third-order valence-electron chi connectivity index (χ3n) is 2.90. The highest BCUT2D eigenvalue weighted by Crippen LogP contribution is 2.28. The predicted molar refractivity (Wildman–Crippen MR) is 64.6 cm³/mol. The number of hydrogen-bond acceptors (Lipinski definition) is 3. The number of aromatic nitrogens is 1. The molecule has 1 aromatic rings. The van der Waals surface area contributed by atoms with Crippen LogP contribution in [0.15, 0.2) is 12.3 Å². The topological polar surface area (TPSA) is 39.9 Å². The smallest absolute Gasteiger partial charge is 0.148 e. The average molecular weight is 236 g/mol. The molecule has 0 unspecified atom stereocenters. The quantitative estimate of drug-likeness (QED) is 0.751. The first kappa shape index (κ1) is 11.2. The fourth-order valence-corrected chi connectivity index (χ4v) is 2.30. The van der Waals surface area contributed by atoms with Crippen molar-refractivity contribution >= 4 is 17.4 Å². The normalized spacial score (nSPS) is 16.6. The lowest BCUT2D eigenvalue weighted by molar-refractivity contribution is 0.726. The molecule has 2 heterocycles. The van der Waals surface area contributed by atoms with Gasteiger partial charge in [-0.05, 0) is 18.9 Å². The lowest BCUT2D eigenvalue weighted by atomic mass is 10.2. The third kappa shape index (κ3) is 2.28. The Morgan fingerprint density at radius 2 is 1.94 bits per heavy atom. The monoisotopic (exact) mass is 235 g/mol. The maximum absolute atomic E-state index is 8.92. The molecule has 2 rings (SSSR count). The van der Waals surface area contributed by atoms with Crippen LogP contribution in [0, 0.1) is 11.3 Å². The number of anilines is 1. The minimum atomic E-state index is 0.493. The molecule has 0 amide bonds. The molecule has 0 saturated carbocycles. The Morgan fingerprint density at radius 1 is 1.25 bits per heavy atom. The van der Waals surface area contributed by atoms with Crippen LogP contribution in [0.2, 0.25) is 5.02 Å². The minimum Gasteiger partial charge on any atom is -0.355 e. The molecule has 1 fully saturated rings. The van der Waals surface area contributed by atoms with Crippen LogP contribution in [0.25, 0.3) is 0 Å². The summed E-state index contributed by atoms with van der Waals surface area (Å²) in [5.41, 5.74) is 0.510. The number of nitrogens with zero attached hydrogens (tertiary/aromatic N) is 3. The van der Waals surface area contributed by atoms with Crippen molar-refractivity contribution < 1.29 is 0 Å². The van der Waals surface area contributed by atoms with E-state index < -0.39 is 0 Å². The molecule has 3 nitrogen and oxygen atoms in total. The van der Waals surface area contributed by atoms with Gasteiger partial charge in [0.15, 0.2) is 0 Å². The number of pyridine rings is 1. The Kier molecular flexibility index (Phi) is 3.63. The number of nitriles is 1. The van der Waals surface area contributed by atoms with Gasteiger partial charge in [-0.15, -0.1) is 0 Å². The van der Waals surface area contributed by atoms with E-state index in [2.05, 4.69) is 16.0 Å². The second kappa shape index (κ2) is 5.18. The first-order valence-corrected chi connectivity index (χ1v) is 6.00.